The number of hydrogen-bond acceptors (Lipinski definition) is 3. The molecule has 23 heavy (non-hydrogen) atoms. The van der Waals surface area contributed by atoms with Crippen LogP contribution in [0.3, 0.4) is 0 Å². The zero-order chi connectivity index (χ0) is 16.4. The second-order valence-corrected chi connectivity index (χ2v) is 7.07. The van der Waals surface area contributed by atoms with Gasteiger partial charge in [-0.15, -0.1) is 11.8 Å². The van der Waals surface area contributed by atoms with Gasteiger partial charge in [0.25, 0.3) is 5.91 Å². The minimum atomic E-state index is -0.125. The van der Waals surface area contributed by atoms with Gasteiger partial charge < -0.3 is 9.64 Å². The van der Waals surface area contributed by atoms with Crippen LogP contribution in [0.4, 0.5) is 0 Å². The van der Waals surface area contributed by atoms with Crippen molar-refractivity contribution in [2.24, 2.45) is 0 Å². The van der Waals surface area contributed by atoms with E-state index in [9.17, 15) is 4.79 Å². The van der Waals surface area contributed by atoms with Gasteiger partial charge in [-0.25, -0.2) is 0 Å². The third-order valence-corrected chi connectivity index (χ3v) is 5.79. The molecule has 0 spiro atoms. The van der Waals surface area contributed by atoms with Crippen molar-refractivity contribution in [2.75, 3.05) is 19.4 Å². The van der Waals surface area contributed by atoms with Crippen LogP contribution in [0.15, 0.2) is 42.5 Å². The van der Waals surface area contributed by atoms with Crippen LogP contribution >= 0.6 is 35.0 Å². The number of hydrogen-bond donors (Lipinski definition) is 0. The summed E-state index contributed by atoms with van der Waals surface area (Å²) >= 11 is 14.1. The molecule has 1 fully saturated rings. The van der Waals surface area contributed by atoms with Crippen LogP contribution in [-0.4, -0.2) is 30.2 Å². The van der Waals surface area contributed by atoms with Gasteiger partial charge in [-0.1, -0.05) is 41.4 Å². The van der Waals surface area contributed by atoms with E-state index >= 15 is 0 Å². The first-order valence-electron chi connectivity index (χ1n) is 7.12. The molecule has 0 N–H and O–H groups in total. The van der Waals surface area contributed by atoms with E-state index in [1.807, 2.05) is 29.2 Å². The molecule has 1 atom stereocenters. The molecule has 1 aliphatic heterocycles. The maximum Gasteiger partial charge on any atom is 0.255 e. The highest BCUT2D eigenvalue weighted by molar-refractivity contribution is 7.99. The van der Waals surface area contributed by atoms with Crippen LogP contribution in [0.25, 0.3) is 0 Å². The van der Waals surface area contributed by atoms with E-state index in [4.69, 9.17) is 27.9 Å². The van der Waals surface area contributed by atoms with Crippen molar-refractivity contribution >= 4 is 40.9 Å². The molecule has 2 aromatic carbocycles. The van der Waals surface area contributed by atoms with E-state index in [2.05, 4.69) is 0 Å². The third-order valence-electron chi connectivity index (χ3n) is 3.72. The number of carbonyl (C=O) groups is 1. The molecular formula is C17H15Cl2NO2S. The molecule has 1 unspecified atom stereocenters. The summed E-state index contributed by atoms with van der Waals surface area (Å²) in [4.78, 5) is 14.7. The molecule has 1 aliphatic rings. The number of amides is 1. The smallest absolute Gasteiger partial charge is 0.255 e. The van der Waals surface area contributed by atoms with E-state index in [0.717, 1.165) is 11.3 Å². The lowest BCUT2D eigenvalue weighted by molar-refractivity contribution is 0.0760. The summed E-state index contributed by atoms with van der Waals surface area (Å²) in [5.74, 6) is 1.50. The Labute approximate surface area is 149 Å². The number of rotatable bonds is 3. The summed E-state index contributed by atoms with van der Waals surface area (Å²) in [7, 11) is 1.59. The number of halogens is 2. The molecule has 0 saturated carbocycles. The van der Waals surface area contributed by atoms with Gasteiger partial charge >= 0.3 is 0 Å². The summed E-state index contributed by atoms with van der Waals surface area (Å²) in [5.41, 5.74) is 1.48. The fraction of sp³-hybridized carbons (Fsp3) is 0.235. The van der Waals surface area contributed by atoms with Gasteiger partial charge in [0.15, 0.2) is 0 Å². The second-order valence-electron chi connectivity index (χ2n) is 5.10. The molecule has 1 amide bonds. The fourth-order valence-electron chi connectivity index (χ4n) is 2.57. The van der Waals surface area contributed by atoms with Gasteiger partial charge in [-0.2, -0.15) is 0 Å². The zero-order valence-electron chi connectivity index (χ0n) is 12.5. The maximum absolute atomic E-state index is 12.9. The molecule has 3 rings (SSSR count). The van der Waals surface area contributed by atoms with Crippen molar-refractivity contribution in [1.82, 2.24) is 4.90 Å². The van der Waals surface area contributed by atoms with E-state index < -0.39 is 0 Å². The van der Waals surface area contributed by atoms with Crippen molar-refractivity contribution in [3.05, 3.63) is 63.6 Å². The Balaban J connectivity index is 1.92. The molecule has 1 saturated heterocycles. The normalized spacial score (nSPS) is 17.3. The first kappa shape index (κ1) is 16.5. The Hall–Kier alpha value is -1.36. The summed E-state index contributed by atoms with van der Waals surface area (Å²) < 4.78 is 5.20. The minimum absolute atomic E-state index is 0.0325. The average Bonchev–Trinajstić information content (AvgIpc) is 3.06. The number of nitrogens with zero attached hydrogens (tertiary/aromatic N) is 1. The Kier molecular flexibility index (Phi) is 5.05. The third kappa shape index (κ3) is 3.30. The summed E-state index contributed by atoms with van der Waals surface area (Å²) in [6, 6.07) is 12.7. The van der Waals surface area contributed by atoms with Crippen molar-refractivity contribution in [1.29, 1.82) is 0 Å². The van der Waals surface area contributed by atoms with Crippen molar-refractivity contribution in [2.45, 2.75) is 5.37 Å². The molecule has 2 aromatic rings. The van der Waals surface area contributed by atoms with Gasteiger partial charge in [0.1, 0.15) is 11.1 Å². The van der Waals surface area contributed by atoms with Gasteiger partial charge in [0.05, 0.1) is 17.2 Å². The first-order valence-corrected chi connectivity index (χ1v) is 8.93. The van der Waals surface area contributed by atoms with Crippen LogP contribution < -0.4 is 4.74 Å². The second kappa shape index (κ2) is 7.04. The largest absolute Gasteiger partial charge is 0.497 e. The number of methoxy groups -OCH3 is 1. The van der Waals surface area contributed by atoms with Gasteiger partial charge in [0, 0.05) is 23.4 Å². The number of thioether (sulfide) groups is 1. The lowest BCUT2D eigenvalue weighted by Crippen LogP contribution is -2.30. The Bertz CT molecular complexity index is 738. The highest BCUT2D eigenvalue weighted by Gasteiger charge is 2.33. The van der Waals surface area contributed by atoms with Crippen molar-refractivity contribution in [3.8, 4) is 5.75 Å². The zero-order valence-corrected chi connectivity index (χ0v) is 14.8. The van der Waals surface area contributed by atoms with E-state index in [0.29, 0.717) is 27.9 Å². The highest BCUT2D eigenvalue weighted by Crippen LogP contribution is 2.43. The Morgan fingerprint density at radius 2 is 2.04 bits per heavy atom. The predicted molar refractivity (Wildman–Crippen MR) is 95.7 cm³/mol. The number of carbonyl (C=O) groups excluding carboxylic acids is 1. The molecule has 3 nitrogen and oxygen atoms in total. The SMILES string of the molecule is COc1cccc(C(=O)N2CCSC2c2cccc(Cl)c2Cl)c1. The lowest BCUT2D eigenvalue weighted by atomic mass is 10.1. The van der Waals surface area contributed by atoms with Crippen LogP contribution in [0.1, 0.15) is 21.3 Å². The van der Waals surface area contributed by atoms with Crippen LogP contribution in [0.2, 0.25) is 10.0 Å². The number of benzene rings is 2. The fourth-order valence-corrected chi connectivity index (χ4v) is 4.33. The van der Waals surface area contributed by atoms with Crippen molar-refractivity contribution in [3.63, 3.8) is 0 Å². The Morgan fingerprint density at radius 3 is 2.83 bits per heavy atom. The number of ether oxygens (including phenoxy) is 1. The van der Waals surface area contributed by atoms with E-state index in [1.165, 1.54) is 0 Å². The van der Waals surface area contributed by atoms with Crippen LogP contribution in [0.5, 0.6) is 5.75 Å². The summed E-state index contributed by atoms with van der Waals surface area (Å²) in [5, 5.41) is 0.891. The van der Waals surface area contributed by atoms with Gasteiger partial charge in [-0.3, -0.25) is 4.79 Å². The van der Waals surface area contributed by atoms with E-state index in [-0.39, 0.29) is 11.3 Å². The van der Waals surface area contributed by atoms with Crippen LogP contribution in [-0.2, 0) is 0 Å². The molecular weight excluding hydrogens is 353 g/mol. The molecule has 6 heteroatoms. The van der Waals surface area contributed by atoms with Gasteiger partial charge in [-0.05, 0) is 24.3 Å². The molecule has 0 aromatic heterocycles. The van der Waals surface area contributed by atoms with Gasteiger partial charge in [0.2, 0.25) is 0 Å². The lowest BCUT2D eigenvalue weighted by Gasteiger charge is -2.25. The highest BCUT2D eigenvalue weighted by atomic mass is 35.5. The molecule has 0 bridgehead atoms. The monoisotopic (exact) mass is 367 g/mol. The quantitative estimate of drug-likeness (QED) is 0.773. The summed E-state index contributed by atoms with van der Waals surface area (Å²) in [6.45, 7) is 0.675. The van der Waals surface area contributed by atoms with Crippen molar-refractivity contribution < 1.29 is 9.53 Å². The Morgan fingerprint density at radius 1 is 1.26 bits per heavy atom. The van der Waals surface area contributed by atoms with Crippen LogP contribution in [0, 0.1) is 0 Å². The van der Waals surface area contributed by atoms with E-state index in [1.54, 1.807) is 37.1 Å². The topological polar surface area (TPSA) is 29.5 Å². The average molecular weight is 368 g/mol. The minimum Gasteiger partial charge on any atom is -0.497 e. The standard InChI is InChI=1S/C17H15Cl2NO2S/c1-22-12-5-2-4-11(10-12)16(21)20-8-9-23-17(20)13-6-3-7-14(18)15(13)19/h2-7,10,17H,8-9H2,1H3. The first-order chi connectivity index (χ1) is 11.1. The molecule has 120 valence electrons. The molecule has 0 aliphatic carbocycles. The predicted octanol–water partition coefficient (Wildman–Crippen LogP) is 4.89. The molecule has 1 heterocycles. The maximum atomic E-state index is 12.9. The molecule has 0 radical (unpaired) electrons. The summed E-state index contributed by atoms with van der Waals surface area (Å²) in [6.07, 6.45) is 0.